The molecule has 106 valence electrons. The Labute approximate surface area is 123 Å². The Morgan fingerprint density at radius 2 is 1.85 bits per heavy atom. The molecule has 1 unspecified atom stereocenters. The van der Waals surface area contributed by atoms with Crippen LogP contribution in [0.1, 0.15) is 12.5 Å². The van der Waals surface area contributed by atoms with Crippen molar-refractivity contribution in [2.45, 2.75) is 19.6 Å². The topological polar surface area (TPSA) is 23.5 Å². The second-order valence-corrected chi connectivity index (χ2v) is 5.17. The molecule has 0 spiro atoms. The lowest BCUT2D eigenvalue weighted by atomic mass is 10.1. The lowest BCUT2D eigenvalue weighted by Crippen LogP contribution is -2.31. The van der Waals surface area contributed by atoms with E-state index in [9.17, 15) is 9.50 Å². The molecule has 0 radical (unpaired) electrons. The van der Waals surface area contributed by atoms with E-state index in [-0.39, 0.29) is 5.82 Å². The number of benzene rings is 2. The quantitative estimate of drug-likeness (QED) is 0.905. The van der Waals surface area contributed by atoms with Gasteiger partial charge in [-0.2, -0.15) is 0 Å². The molecule has 0 aliphatic rings. The molecule has 2 rings (SSSR count). The first kappa shape index (κ1) is 14.8. The number of halogens is 2. The first-order chi connectivity index (χ1) is 9.58. The third kappa shape index (κ3) is 3.71. The van der Waals surface area contributed by atoms with E-state index in [0.717, 1.165) is 5.69 Å². The fourth-order valence-electron chi connectivity index (χ4n) is 2.09. The van der Waals surface area contributed by atoms with Crippen LogP contribution in [-0.2, 0) is 6.54 Å². The molecule has 0 fully saturated rings. The molecule has 0 saturated heterocycles. The highest BCUT2D eigenvalue weighted by molar-refractivity contribution is 6.31. The predicted molar refractivity (Wildman–Crippen MR) is 80.6 cm³/mol. The predicted octanol–water partition coefficient (Wildman–Crippen LogP) is 3.87. The van der Waals surface area contributed by atoms with Crippen molar-refractivity contribution in [3.8, 4) is 0 Å². The van der Waals surface area contributed by atoms with Gasteiger partial charge in [0.1, 0.15) is 5.82 Å². The summed E-state index contributed by atoms with van der Waals surface area (Å²) >= 11 is 6.07. The van der Waals surface area contributed by atoms with Crippen molar-refractivity contribution < 1.29 is 9.50 Å². The highest BCUT2D eigenvalue weighted by Crippen LogP contribution is 2.24. The third-order valence-electron chi connectivity index (χ3n) is 3.02. The summed E-state index contributed by atoms with van der Waals surface area (Å²) in [6, 6.07) is 14.2. The largest absolute Gasteiger partial charge is 0.392 e. The van der Waals surface area contributed by atoms with Gasteiger partial charge in [-0.1, -0.05) is 35.9 Å². The van der Waals surface area contributed by atoms with Crippen LogP contribution in [0.3, 0.4) is 0 Å². The van der Waals surface area contributed by atoms with Crippen molar-refractivity contribution in [2.24, 2.45) is 0 Å². The van der Waals surface area contributed by atoms with E-state index >= 15 is 0 Å². The van der Waals surface area contributed by atoms with Gasteiger partial charge < -0.3 is 10.0 Å². The Morgan fingerprint density at radius 1 is 1.15 bits per heavy atom. The standard InChI is InChI=1S/C16H17ClFNO/c1-12(20)10-19(13-6-3-2-4-7-13)11-14-15(17)8-5-9-16(14)18/h2-9,12,20H,10-11H2,1H3. The molecule has 0 aliphatic heterocycles. The minimum Gasteiger partial charge on any atom is -0.392 e. The average molecular weight is 294 g/mol. The normalized spacial score (nSPS) is 12.2. The van der Waals surface area contributed by atoms with Gasteiger partial charge in [0.25, 0.3) is 0 Å². The summed E-state index contributed by atoms with van der Waals surface area (Å²) in [6.45, 7) is 2.44. The summed E-state index contributed by atoms with van der Waals surface area (Å²) in [5.74, 6) is -0.330. The molecule has 2 aromatic rings. The molecular weight excluding hydrogens is 277 g/mol. The molecule has 4 heteroatoms. The first-order valence-corrected chi connectivity index (χ1v) is 6.86. The van der Waals surface area contributed by atoms with E-state index in [1.165, 1.54) is 6.07 Å². The van der Waals surface area contributed by atoms with Gasteiger partial charge in [-0.25, -0.2) is 4.39 Å². The van der Waals surface area contributed by atoms with Crippen molar-refractivity contribution in [2.75, 3.05) is 11.4 Å². The molecular formula is C16H17ClFNO. The number of aliphatic hydroxyl groups excluding tert-OH is 1. The molecule has 1 N–H and O–H groups in total. The number of para-hydroxylation sites is 1. The maximum atomic E-state index is 13.9. The van der Waals surface area contributed by atoms with Gasteiger partial charge in [0.15, 0.2) is 0 Å². The van der Waals surface area contributed by atoms with Gasteiger partial charge in [-0.15, -0.1) is 0 Å². The van der Waals surface area contributed by atoms with Crippen LogP contribution in [0.4, 0.5) is 10.1 Å². The second-order valence-electron chi connectivity index (χ2n) is 4.77. The Bertz CT molecular complexity index is 539. The van der Waals surface area contributed by atoms with Crippen LogP contribution in [0.15, 0.2) is 48.5 Å². The Morgan fingerprint density at radius 3 is 2.45 bits per heavy atom. The van der Waals surface area contributed by atoms with Crippen LogP contribution in [0.5, 0.6) is 0 Å². The maximum Gasteiger partial charge on any atom is 0.129 e. The summed E-state index contributed by atoms with van der Waals surface area (Å²) in [7, 11) is 0. The van der Waals surface area contributed by atoms with Gasteiger partial charge in [0.2, 0.25) is 0 Å². The highest BCUT2D eigenvalue weighted by atomic mass is 35.5. The van der Waals surface area contributed by atoms with Crippen molar-refractivity contribution in [3.63, 3.8) is 0 Å². The fraction of sp³-hybridized carbons (Fsp3) is 0.250. The minimum absolute atomic E-state index is 0.320. The molecule has 0 aliphatic carbocycles. The van der Waals surface area contributed by atoms with E-state index in [1.54, 1.807) is 19.1 Å². The molecule has 2 aromatic carbocycles. The van der Waals surface area contributed by atoms with Crippen LogP contribution in [0.2, 0.25) is 5.02 Å². The molecule has 2 nitrogen and oxygen atoms in total. The van der Waals surface area contributed by atoms with Gasteiger partial charge in [-0.3, -0.25) is 0 Å². The number of hydrogen-bond donors (Lipinski definition) is 1. The van der Waals surface area contributed by atoms with Crippen molar-refractivity contribution in [1.29, 1.82) is 0 Å². The zero-order valence-electron chi connectivity index (χ0n) is 11.3. The molecule has 0 heterocycles. The first-order valence-electron chi connectivity index (χ1n) is 6.49. The number of nitrogens with zero attached hydrogens (tertiary/aromatic N) is 1. The summed E-state index contributed by atoms with van der Waals surface area (Å²) in [5.41, 5.74) is 1.37. The van der Waals surface area contributed by atoms with Crippen LogP contribution in [0, 0.1) is 5.82 Å². The van der Waals surface area contributed by atoms with Gasteiger partial charge in [0, 0.05) is 29.4 Å². The lowest BCUT2D eigenvalue weighted by Gasteiger charge is -2.27. The minimum atomic E-state index is -0.513. The van der Waals surface area contributed by atoms with E-state index < -0.39 is 6.10 Å². The Hall–Kier alpha value is -1.58. The number of rotatable bonds is 5. The van der Waals surface area contributed by atoms with Crippen LogP contribution in [-0.4, -0.2) is 17.8 Å². The summed E-state index contributed by atoms with van der Waals surface area (Å²) in [5, 5.41) is 10.0. The monoisotopic (exact) mass is 293 g/mol. The SMILES string of the molecule is CC(O)CN(Cc1c(F)cccc1Cl)c1ccccc1. The van der Waals surface area contributed by atoms with Crippen molar-refractivity contribution in [1.82, 2.24) is 0 Å². The summed E-state index contributed by atoms with van der Waals surface area (Å²) < 4.78 is 13.9. The van der Waals surface area contributed by atoms with E-state index in [4.69, 9.17) is 11.6 Å². The molecule has 0 aromatic heterocycles. The van der Waals surface area contributed by atoms with Gasteiger partial charge in [-0.05, 0) is 31.2 Å². The van der Waals surface area contributed by atoms with Crippen LogP contribution < -0.4 is 4.90 Å². The van der Waals surface area contributed by atoms with Crippen molar-refractivity contribution in [3.05, 3.63) is 64.9 Å². The van der Waals surface area contributed by atoms with Crippen LogP contribution in [0.25, 0.3) is 0 Å². The number of aliphatic hydroxyl groups is 1. The maximum absolute atomic E-state index is 13.9. The average Bonchev–Trinajstić information content (AvgIpc) is 2.42. The molecule has 0 bridgehead atoms. The molecule has 20 heavy (non-hydrogen) atoms. The molecule has 0 saturated carbocycles. The Balaban J connectivity index is 2.29. The third-order valence-corrected chi connectivity index (χ3v) is 3.37. The van der Waals surface area contributed by atoms with E-state index in [1.807, 2.05) is 35.2 Å². The zero-order valence-corrected chi connectivity index (χ0v) is 12.0. The van der Waals surface area contributed by atoms with Gasteiger partial charge in [0.05, 0.1) is 6.10 Å². The number of hydrogen-bond acceptors (Lipinski definition) is 2. The van der Waals surface area contributed by atoms with E-state index in [0.29, 0.717) is 23.7 Å². The van der Waals surface area contributed by atoms with E-state index in [2.05, 4.69) is 0 Å². The number of anilines is 1. The molecule has 1 atom stereocenters. The zero-order chi connectivity index (χ0) is 14.5. The Kier molecular flexibility index (Phi) is 4.99. The summed E-state index contributed by atoms with van der Waals surface area (Å²) in [6.07, 6.45) is -0.513. The molecule has 0 amide bonds. The van der Waals surface area contributed by atoms with Gasteiger partial charge >= 0.3 is 0 Å². The lowest BCUT2D eigenvalue weighted by molar-refractivity contribution is 0.199. The second kappa shape index (κ2) is 6.73. The fourth-order valence-corrected chi connectivity index (χ4v) is 2.32. The van der Waals surface area contributed by atoms with Crippen LogP contribution >= 0.6 is 11.6 Å². The summed E-state index contributed by atoms with van der Waals surface area (Å²) in [4.78, 5) is 1.91. The smallest absolute Gasteiger partial charge is 0.129 e. The highest BCUT2D eigenvalue weighted by Gasteiger charge is 2.14. The van der Waals surface area contributed by atoms with Crippen molar-refractivity contribution >= 4 is 17.3 Å².